The fraction of sp³-hybridized carbons (Fsp3) is 0.286. The van der Waals surface area contributed by atoms with Gasteiger partial charge in [0, 0.05) is 17.8 Å². The number of aromatic nitrogens is 1. The molecule has 0 atom stereocenters. The van der Waals surface area contributed by atoms with Gasteiger partial charge in [0.05, 0.1) is 6.61 Å². The summed E-state index contributed by atoms with van der Waals surface area (Å²) in [5.41, 5.74) is 2.01. The number of hydrogen-bond acceptors (Lipinski definition) is 4. The molecule has 23 heavy (non-hydrogen) atoms. The van der Waals surface area contributed by atoms with Gasteiger partial charge in [-0.2, -0.15) is 0 Å². The van der Waals surface area contributed by atoms with Crippen molar-refractivity contribution < 1.29 is 19.1 Å². The van der Waals surface area contributed by atoms with E-state index in [0.29, 0.717) is 18.1 Å². The Morgan fingerprint density at radius 1 is 1.26 bits per heavy atom. The molecule has 0 unspecified atom stereocenters. The first kappa shape index (κ1) is 20.2. The van der Waals surface area contributed by atoms with Gasteiger partial charge in [-0.1, -0.05) is 0 Å². The van der Waals surface area contributed by atoms with E-state index in [2.05, 4.69) is 52.3 Å². The first-order valence-electron chi connectivity index (χ1n) is 6.66. The topological polar surface area (TPSA) is 68.4 Å². The van der Waals surface area contributed by atoms with Crippen LogP contribution in [0.3, 0.4) is 0 Å². The van der Waals surface area contributed by atoms with E-state index in [-0.39, 0.29) is 15.1 Å². The molecule has 0 saturated carbocycles. The standard InChI is InChI=1S/C14H15NO4.BBr3/c1-4-18-14(17)13-8(2)11-7-10(19-9(3)16)5-6-12(11)15-13;2-1(3)4/h5-7,15H,4H2,1-3H3;. The molecule has 124 valence electrons. The third-order valence-corrected chi connectivity index (χ3v) is 2.77. The van der Waals surface area contributed by atoms with E-state index in [1.54, 1.807) is 25.1 Å². The Morgan fingerprint density at radius 3 is 2.39 bits per heavy atom. The lowest BCUT2D eigenvalue weighted by Crippen LogP contribution is -2.06. The molecule has 2 aromatic rings. The lowest BCUT2D eigenvalue weighted by atomic mass is 10.1. The molecule has 0 radical (unpaired) electrons. The highest BCUT2D eigenvalue weighted by Crippen LogP contribution is 2.26. The van der Waals surface area contributed by atoms with Gasteiger partial charge in [0.25, 0.3) is 0 Å². The number of esters is 2. The minimum Gasteiger partial charge on any atom is -0.461 e. The number of nitrogens with one attached hydrogen (secondary N) is 1. The zero-order chi connectivity index (χ0) is 17.6. The van der Waals surface area contributed by atoms with Crippen molar-refractivity contribution >= 4 is 73.3 Å². The van der Waals surface area contributed by atoms with Crippen LogP contribution < -0.4 is 4.74 Å². The smallest absolute Gasteiger partial charge is 0.369 e. The van der Waals surface area contributed by atoms with E-state index in [4.69, 9.17) is 9.47 Å². The van der Waals surface area contributed by atoms with Gasteiger partial charge in [0.2, 0.25) is 0 Å². The van der Waals surface area contributed by atoms with Gasteiger partial charge in [-0.05, 0) is 37.6 Å². The van der Waals surface area contributed by atoms with Crippen molar-refractivity contribution in [3.8, 4) is 5.75 Å². The molecule has 9 heteroatoms. The van der Waals surface area contributed by atoms with Crippen molar-refractivity contribution in [2.24, 2.45) is 0 Å². The Balaban J connectivity index is 0.000000593. The maximum atomic E-state index is 11.8. The van der Waals surface area contributed by atoms with Crippen molar-refractivity contribution in [2.45, 2.75) is 20.8 Å². The number of ether oxygens (including phenoxy) is 2. The van der Waals surface area contributed by atoms with Crippen LogP contribution in [0.5, 0.6) is 5.75 Å². The summed E-state index contributed by atoms with van der Waals surface area (Å²) in [4.78, 5) is 25.7. The number of halogens is 3. The third-order valence-electron chi connectivity index (χ3n) is 2.77. The number of rotatable bonds is 3. The van der Waals surface area contributed by atoms with Gasteiger partial charge < -0.3 is 14.5 Å². The van der Waals surface area contributed by atoms with E-state index in [1.807, 2.05) is 6.92 Å². The zero-order valence-corrected chi connectivity index (χ0v) is 17.5. The predicted molar refractivity (Wildman–Crippen MR) is 103 cm³/mol. The molecule has 0 bridgehead atoms. The molecule has 1 N–H and O–H groups in total. The van der Waals surface area contributed by atoms with Crippen LogP contribution in [0.25, 0.3) is 10.9 Å². The second kappa shape index (κ2) is 9.49. The summed E-state index contributed by atoms with van der Waals surface area (Å²) in [5.74, 6) is -0.305. The van der Waals surface area contributed by atoms with E-state index < -0.39 is 0 Å². The molecule has 0 aliphatic heterocycles. The SMILES string of the molecule is BrB(Br)Br.CCOC(=O)c1[nH]c2ccc(OC(C)=O)cc2c1C. The van der Waals surface area contributed by atoms with Gasteiger partial charge in [-0.25, -0.2) is 4.79 Å². The van der Waals surface area contributed by atoms with E-state index >= 15 is 0 Å². The minimum atomic E-state index is -0.384. The molecule has 0 spiro atoms. The predicted octanol–water partition coefficient (Wildman–Crippen LogP) is 4.73. The number of carbonyl (C=O) groups excluding carboxylic acids is 2. The number of aryl methyl sites for hydroxylation is 1. The maximum Gasteiger partial charge on any atom is 0.369 e. The summed E-state index contributed by atoms with van der Waals surface area (Å²) in [6.45, 7) is 5.25. The number of benzene rings is 1. The highest BCUT2D eigenvalue weighted by molar-refractivity contribution is 9.69. The molecule has 2 rings (SSSR count). The van der Waals surface area contributed by atoms with Crippen LogP contribution in [0.4, 0.5) is 0 Å². The Labute approximate surface area is 159 Å². The van der Waals surface area contributed by atoms with Crippen molar-refractivity contribution in [3.05, 3.63) is 29.5 Å². The van der Waals surface area contributed by atoms with Crippen molar-refractivity contribution in [1.29, 1.82) is 0 Å². The summed E-state index contributed by atoms with van der Waals surface area (Å²) in [6.07, 6.45) is 0. The first-order chi connectivity index (χ1) is 10.8. The molecule has 1 heterocycles. The van der Waals surface area contributed by atoms with Gasteiger partial charge in [-0.15, -0.1) is 47.3 Å². The highest BCUT2D eigenvalue weighted by atomic mass is 79.9. The molecular formula is C14H15BBr3NO4. The summed E-state index contributed by atoms with van der Waals surface area (Å²) in [7, 11) is 0. The van der Waals surface area contributed by atoms with Crippen LogP contribution in [-0.2, 0) is 9.53 Å². The lowest BCUT2D eigenvalue weighted by Gasteiger charge is -2.01. The monoisotopic (exact) mass is 509 g/mol. The van der Waals surface area contributed by atoms with Gasteiger partial charge in [-0.3, -0.25) is 4.79 Å². The molecule has 0 saturated heterocycles. The molecule has 0 fully saturated rings. The molecular weight excluding hydrogens is 497 g/mol. The largest absolute Gasteiger partial charge is 0.461 e. The first-order valence-corrected chi connectivity index (χ1v) is 9.41. The molecule has 1 aromatic carbocycles. The van der Waals surface area contributed by atoms with Crippen molar-refractivity contribution in [3.63, 3.8) is 0 Å². The average molecular weight is 512 g/mol. The Hall–Kier alpha value is -0.795. The number of H-pyrrole nitrogens is 1. The highest BCUT2D eigenvalue weighted by Gasteiger charge is 2.16. The van der Waals surface area contributed by atoms with Gasteiger partial charge in [0.1, 0.15) is 11.4 Å². The molecule has 0 aliphatic carbocycles. The van der Waals surface area contributed by atoms with E-state index in [1.165, 1.54) is 6.92 Å². The minimum absolute atomic E-state index is 0.271. The van der Waals surface area contributed by atoms with Gasteiger partial charge in [0.15, 0.2) is 0 Å². The van der Waals surface area contributed by atoms with Crippen LogP contribution in [0, 0.1) is 6.92 Å². The van der Waals surface area contributed by atoms with Crippen LogP contribution in [-0.4, -0.2) is 26.7 Å². The van der Waals surface area contributed by atoms with Crippen LogP contribution in [0.2, 0.25) is 0 Å². The quantitative estimate of drug-likeness (QED) is 0.367. The second-order valence-electron chi connectivity index (χ2n) is 4.39. The number of fused-ring (bicyclic) bond motifs is 1. The molecule has 0 aliphatic rings. The zero-order valence-electron chi connectivity index (χ0n) is 12.8. The van der Waals surface area contributed by atoms with E-state index in [9.17, 15) is 9.59 Å². The number of hydrogen-bond donors (Lipinski definition) is 1. The maximum absolute atomic E-state index is 11.8. The van der Waals surface area contributed by atoms with Crippen molar-refractivity contribution in [2.75, 3.05) is 6.61 Å². The van der Waals surface area contributed by atoms with E-state index in [0.717, 1.165) is 16.5 Å². The lowest BCUT2D eigenvalue weighted by molar-refractivity contribution is -0.131. The van der Waals surface area contributed by atoms with Crippen LogP contribution >= 0.6 is 47.3 Å². The summed E-state index contributed by atoms with van der Waals surface area (Å²) >= 11 is 9.31. The second-order valence-corrected chi connectivity index (χ2v) is 10.8. The fourth-order valence-corrected chi connectivity index (χ4v) is 1.94. The van der Waals surface area contributed by atoms with Crippen molar-refractivity contribution in [1.82, 2.24) is 4.98 Å². The normalized spacial score (nSPS) is 9.83. The average Bonchev–Trinajstić information content (AvgIpc) is 2.75. The summed E-state index contributed by atoms with van der Waals surface area (Å²) < 4.78 is 10.3. The summed E-state index contributed by atoms with van der Waals surface area (Å²) in [6, 6.07) is 5.17. The van der Waals surface area contributed by atoms with Gasteiger partial charge >= 0.3 is 15.1 Å². The Morgan fingerprint density at radius 2 is 1.87 bits per heavy atom. The molecule has 1 aromatic heterocycles. The molecule has 5 nitrogen and oxygen atoms in total. The number of aromatic amines is 1. The van der Waals surface area contributed by atoms with Crippen LogP contribution in [0.15, 0.2) is 18.2 Å². The van der Waals surface area contributed by atoms with Crippen LogP contribution in [0.1, 0.15) is 29.9 Å². The fourth-order valence-electron chi connectivity index (χ4n) is 1.94. The Kier molecular flexibility index (Phi) is 8.35. The number of carbonyl (C=O) groups is 2. The molecule has 0 amide bonds. The third kappa shape index (κ3) is 6.31. The Bertz CT molecular complexity index is 700. The summed E-state index contributed by atoms with van der Waals surface area (Å²) in [5, 5.41) is 0.835.